The molecule has 1 unspecified atom stereocenters. The van der Waals surface area contributed by atoms with Crippen molar-refractivity contribution in [2.24, 2.45) is 7.05 Å². The fourth-order valence-corrected chi connectivity index (χ4v) is 4.44. The lowest BCUT2D eigenvalue weighted by molar-refractivity contribution is -0.137. The van der Waals surface area contributed by atoms with Crippen LogP contribution in [0.25, 0.3) is 0 Å². The molecule has 1 aromatic heterocycles. The van der Waals surface area contributed by atoms with E-state index in [1.165, 1.54) is 31.3 Å². The molecule has 1 atom stereocenters. The molecule has 35 heavy (non-hydrogen) atoms. The molecule has 1 heterocycles. The molecule has 12 heteroatoms. The number of carboxylic acid groups (broad SMARTS) is 1. The van der Waals surface area contributed by atoms with Gasteiger partial charge in [-0.3, -0.25) is 9.48 Å². The Morgan fingerprint density at radius 1 is 1.14 bits per heavy atom. The van der Waals surface area contributed by atoms with Crippen molar-refractivity contribution in [1.82, 2.24) is 15.1 Å². The summed E-state index contributed by atoms with van der Waals surface area (Å²) in [5, 5.41) is 15.4. The van der Waals surface area contributed by atoms with Crippen LogP contribution in [0.5, 0.6) is 0 Å². The van der Waals surface area contributed by atoms with Crippen molar-refractivity contribution >= 4 is 23.6 Å². The largest absolute Gasteiger partial charge is 0.478 e. The number of aromatic nitrogens is 2. The monoisotopic (exact) mass is 513 g/mol. The second-order valence-corrected chi connectivity index (χ2v) is 8.75. The summed E-state index contributed by atoms with van der Waals surface area (Å²) in [7, 11) is 1.32. The summed E-state index contributed by atoms with van der Waals surface area (Å²) in [4.78, 5) is 24.4. The van der Waals surface area contributed by atoms with Gasteiger partial charge >= 0.3 is 12.1 Å². The molecule has 0 aliphatic rings. The van der Waals surface area contributed by atoms with Gasteiger partial charge in [0.05, 0.1) is 17.2 Å². The fraction of sp³-hybridized carbons (Fsp3) is 0.261. The number of carbonyl (C=O) groups is 2. The number of hydrogen-bond donors (Lipinski definition) is 2. The minimum atomic E-state index is -4.60. The summed E-state index contributed by atoms with van der Waals surface area (Å²) in [6.07, 6.45) is -7.70. The highest BCUT2D eigenvalue weighted by Gasteiger charge is 2.32. The molecule has 0 saturated heterocycles. The molecule has 3 rings (SSSR count). The molecule has 1 amide bonds. The average molecular weight is 513 g/mol. The average Bonchev–Trinajstić information content (AvgIpc) is 3.09. The number of carbonyl (C=O) groups excluding carboxylic acids is 1. The molecule has 3 aromatic rings. The number of carboxylic acids is 1. The number of amides is 1. The van der Waals surface area contributed by atoms with Crippen LogP contribution >= 0.6 is 11.8 Å². The third-order valence-electron chi connectivity index (χ3n) is 5.16. The van der Waals surface area contributed by atoms with Crippen molar-refractivity contribution in [3.8, 4) is 0 Å². The van der Waals surface area contributed by atoms with Crippen molar-refractivity contribution in [3.05, 3.63) is 76.0 Å². The highest BCUT2D eigenvalue weighted by Crippen LogP contribution is 2.38. The second-order valence-electron chi connectivity index (χ2n) is 7.69. The van der Waals surface area contributed by atoms with Crippen molar-refractivity contribution in [2.75, 3.05) is 0 Å². The first-order valence-corrected chi connectivity index (χ1v) is 11.0. The Kier molecular flexibility index (Phi) is 7.53. The lowest BCUT2D eigenvalue weighted by Crippen LogP contribution is -2.28. The van der Waals surface area contributed by atoms with Gasteiger partial charge in [-0.2, -0.15) is 18.3 Å². The van der Waals surface area contributed by atoms with Gasteiger partial charge in [-0.25, -0.2) is 13.6 Å². The molecule has 0 aliphatic heterocycles. The molecule has 186 valence electrons. The minimum Gasteiger partial charge on any atom is -0.478 e. The number of hydrogen-bond acceptors (Lipinski definition) is 4. The molecular weight excluding hydrogens is 493 g/mol. The smallest absolute Gasteiger partial charge is 0.416 e. The zero-order valence-electron chi connectivity index (χ0n) is 18.7. The quantitative estimate of drug-likeness (QED) is 0.377. The van der Waals surface area contributed by atoms with E-state index in [1.807, 2.05) is 0 Å². The van der Waals surface area contributed by atoms with Crippen LogP contribution in [0.3, 0.4) is 0 Å². The highest BCUT2D eigenvalue weighted by atomic mass is 32.2. The molecule has 2 aromatic carbocycles. The van der Waals surface area contributed by atoms with Crippen LogP contribution in [0.1, 0.15) is 62.5 Å². The van der Waals surface area contributed by atoms with Gasteiger partial charge in [0.1, 0.15) is 16.3 Å². The Hall–Kier alpha value is -3.41. The zero-order valence-corrected chi connectivity index (χ0v) is 19.5. The van der Waals surface area contributed by atoms with Crippen LogP contribution in [-0.4, -0.2) is 26.8 Å². The van der Waals surface area contributed by atoms with E-state index in [-0.39, 0.29) is 15.5 Å². The Morgan fingerprint density at radius 3 is 2.40 bits per heavy atom. The maximum atomic E-state index is 13.7. The number of nitrogens with zero attached hydrogens (tertiary/aromatic N) is 2. The number of rotatable bonds is 7. The van der Waals surface area contributed by atoms with Gasteiger partial charge in [0, 0.05) is 11.9 Å². The van der Waals surface area contributed by atoms with Gasteiger partial charge < -0.3 is 10.4 Å². The predicted molar refractivity (Wildman–Crippen MR) is 118 cm³/mol. The van der Waals surface area contributed by atoms with Gasteiger partial charge in [-0.15, -0.1) is 0 Å². The van der Waals surface area contributed by atoms with Crippen molar-refractivity contribution in [3.63, 3.8) is 0 Å². The Labute approximate surface area is 201 Å². The van der Waals surface area contributed by atoms with E-state index >= 15 is 0 Å². The van der Waals surface area contributed by atoms with Crippen molar-refractivity contribution < 1.29 is 36.6 Å². The first kappa shape index (κ1) is 26.2. The molecule has 0 aliphatic carbocycles. The Bertz CT molecular complexity index is 1270. The molecular formula is C23H20F5N3O3S. The number of alkyl halides is 5. The highest BCUT2D eigenvalue weighted by molar-refractivity contribution is 7.99. The number of nitrogens with one attached hydrogen (secondary N) is 1. The number of benzene rings is 2. The maximum absolute atomic E-state index is 13.7. The summed E-state index contributed by atoms with van der Waals surface area (Å²) in [5.74, 6) is -2.01. The Morgan fingerprint density at radius 2 is 1.83 bits per heavy atom. The van der Waals surface area contributed by atoms with E-state index in [4.69, 9.17) is 0 Å². The van der Waals surface area contributed by atoms with Gasteiger partial charge in [0.2, 0.25) is 0 Å². The van der Waals surface area contributed by atoms with E-state index in [2.05, 4.69) is 10.4 Å². The molecule has 0 saturated carbocycles. The van der Waals surface area contributed by atoms with E-state index in [0.29, 0.717) is 22.9 Å². The zero-order chi connectivity index (χ0) is 26.1. The van der Waals surface area contributed by atoms with Gasteiger partial charge in [-0.05, 0) is 49.2 Å². The molecule has 0 spiro atoms. The van der Waals surface area contributed by atoms with Crippen molar-refractivity contribution in [2.45, 2.75) is 42.4 Å². The molecule has 6 nitrogen and oxygen atoms in total. The number of aryl methyl sites for hydroxylation is 2. The van der Waals surface area contributed by atoms with Gasteiger partial charge in [0.15, 0.2) is 0 Å². The van der Waals surface area contributed by atoms with Crippen LogP contribution in [0.4, 0.5) is 22.0 Å². The summed E-state index contributed by atoms with van der Waals surface area (Å²) in [6.45, 7) is 3.17. The van der Waals surface area contributed by atoms with E-state index in [9.17, 15) is 36.6 Å². The van der Waals surface area contributed by atoms with Crippen LogP contribution in [-0.2, 0) is 13.2 Å². The van der Waals surface area contributed by atoms with Crippen LogP contribution in [0, 0.1) is 6.92 Å². The van der Waals surface area contributed by atoms with Crippen molar-refractivity contribution in [1.29, 1.82) is 0 Å². The van der Waals surface area contributed by atoms with Crippen LogP contribution in [0.2, 0.25) is 0 Å². The first-order valence-electron chi connectivity index (χ1n) is 10.1. The van der Waals surface area contributed by atoms with Crippen LogP contribution in [0.15, 0.2) is 52.4 Å². The minimum absolute atomic E-state index is 0.0540. The first-order chi connectivity index (χ1) is 16.3. The van der Waals surface area contributed by atoms with Crippen LogP contribution < -0.4 is 5.32 Å². The van der Waals surface area contributed by atoms with E-state index in [0.717, 1.165) is 16.8 Å². The normalized spacial score (nSPS) is 12.6. The topological polar surface area (TPSA) is 84.2 Å². The third-order valence-corrected chi connectivity index (χ3v) is 6.31. The van der Waals surface area contributed by atoms with E-state index in [1.54, 1.807) is 19.9 Å². The van der Waals surface area contributed by atoms with E-state index < -0.39 is 47.3 Å². The summed E-state index contributed by atoms with van der Waals surface area (Å²) < 4.78 is 67.7. The SMILES string of the molecule is Cc1cc(C(C)NC(=O)c2c(C(F)F)nn(C)c2Sc2cccc(C(F)(F)F)c2)ccc1C(=O)O. The van der Waals surface area contributed by atoms with Gasteiger partial charge in [-0.1, -0.05) is 30.0 Å². The molecule has 0 bridgehead atoms. The molecule has 0 radical (unpaired) electrons. The molecule has 2 N–H and O–H groups in total. The fourth-order valence-electron chi connectivity index (χ4n) is 3.41. The van der Waals surface area contributed by atoms with Gasteiger partial charge in [0.25, 0.3) is 12.3 Å². The lowest BCUT2D eigenvalue weighted by Gasteiger charge is -2.16. The second kappa shape index (κ2) is 10.1. The third kappa shape index (κ3) is 5.81. The lowest BCUT2D eigenvalue weighted by atomic mass is 10.0. The molecule has 0 fully saturated rings. The summed E-state index contributed by atoms with van der Waals surface area (Å²) in [6, 6.07) is 8.02. The number of halogens is 5. The summed E-state index contributed by atoms with van der Waals surface area (Å²) in [5.41, 5.74) is -1.10. The Balaban J connectivity index is 1.94. The maximum Gasteiger partial charge on any atom is 0.416 e. The summed E-state index contributed by atoms with van der Waals surface area (Å²) >= 11 is 0.709. The number of aromatic carboxylic acids is 1. The standard InChI is InChI=1S/C23H20F5N3O3S/c1-11-9-13(7-8-16(11)22(33)34)12(2)29-20(32)17-18(19(24)25)30-31(3)21(17)35-15-6-4-5-14(10-15)23(26,27)28/h4-10,12,19H,1-3H3,(H,29,32)(H,33,34). The predicted octanol–water partition coefficient (Wildman–Crippen LogP) is 6.03.